The van der Waals surface area contributed by atoms with Crippen molar-refractivity contribution in [2.75, 3.05) is 0 Å². The number of nitro benzene ring substituents is 1. The zero-order valence-electron chi connectivity index (χ0n) is 6.80. The van der Waals surface area contributed by atoms with Gasteiger partial charge in [0.2, 0.25) is 0 Å². The summed E-state index contributed by atoms with van der Waals surface area (Å²) < 4.78 is 20.8. The first kappa shape index (κ1) is 12.6. The summed E-state index contributed by atoms with van der Waals surface area (Å²) in [5, 5.41) is 10.3. The van der Waals surface area contributed by atoms with Crippen LogP contribution in [0.1, 0.15) is 0 Å². The number of nitro groups is 1. The molecule has 0 unspecified atom stereocenters. The van der Waals surface area contributed by atoms with E-state index in [0.29, 0.717) is 0 Å². The van der Waals surface area contributed by atoms with Gasteiger partial charge in [0.05, 0.1) is 4.92 Å². The summed E-state index contributed by atoms with van der Waals surface area (Å²) in [6, 6.07) is 5.17. The second-order valence-corrected chi connectivity index (χ2v) is 2.87. The minimum Gasteiger partial charge on any atom is -0.419 e. The zero-order valence-corrected chi connectivity index (χ0v) is 9.61. The topological polar surface area (TPSA) is 77.3 Å². The standard InChI is InChI=1S/C6H4NO4S.Na/c8-7(9)5-3-1-2-4-6(5)12(10)11;/h1-4H;/q-1;+1. The number of hydrogen-bond acceptors (Lipinski definition) is 5. The molecule has 0 spiro atoms. The van der Waals surface area contributed by atoms with Crippen LogP contribution in [0, 0.1) is 10.1 Å². The van der Waals surface area contributed by atoms with Gasteiger partial charge in [-0.25, -0.2) is 0 Å². The molecule has 0 aliphatic carbocycles. The molecule has 0 saturated heterocycles. The first-order valence-electron chi connectivity index (χ1n) is 2.95. The van der Waals surface area contributed by atoms with Gasteiger partial charge in [0.1, 0.15) is 0 Å². The molecule has 0 aliphatic rings. The average molecular weight is 209 g/mol. The average Bonchev–Trinajstić information content (AvgIpc) is 2.04. The molecule has 5 nitrogen and oxygen atoms in total. The fraction of sp³-hybridized carbons (Fsp3) is 0. The molecule has 0 heterocycles. The van der Waals surface area contributed by atoms with E-state index in [2.05, 4.69) is 0 Å². The number of benzene rings is 1. The third-order valence-electron chi connectivity index (χ3n) is 1.24. The van der Waals surface area contributed by atoms with E-state index in [1.807, 2.05) is 0 Å². The van der Waals surface area contributed by atoms with Crippen molar-refractivity contribution in [1.29, 1.82) is 0 Å². The van der Waals surface area contributed by atoms with Crippen LogP contribution in [0.25, 0.3) is 0 Å². The summed E-state index contributed by atoms with van der Waals surface area (Å²) in [6.07, 6.45) is 0. The Balaban J connectivity index is 0.00000144. The van der Waals surface area contributed by atoms with Crippen molar-refractivity contribution in [1.82, 2.24) is 0 Å². The van der Waals surface area contributed by atoms with Gasteiger partial charge in [0, 0.05) is 6.07 Å². The van der Waals surface area contributed by atoms with Gasteiger partial charge in [-0.3, -0.25) is 10.1 Å². The van der Waals surface area contributed by atoms with E-state index in [-0.39, 0.29) is 34.5 Å². The van der Waals surface area contributed by atoms with Gasteiger partial charge in [-0.2, -0.15) is 0 Å². The predicted octanol–water partition coefficient (Wildman–Crippen LogP) is -1.73. The van der Waals surface area contributed by atoms with Crippen molar-refractivity contribution >= 4 is 16.4 Å². The molecule has 13 heavy (non-hydrogen) atoms. The van der Waals surface area contributed by atoms with E-state index in [0.717, 1.165) is 6.07 Å². The van der Waals surface area contributed by atoms with Crippen LogP contribution < -0.4 is 29.6 Å². The van der Waals surface area contributed by atoms with Crippen molar-refractivity contribution in [2.24, 2.45) is 0 Å². The SMILES string of the molecule is O=[N+]([O-])c1ccccc1[S-](=O)=O.[Na+]. The normalized spacial score (nSPS) is 9.31. The largest absolute Gasteiger partial charge is 1.00 e. The third-order valence-corrected chi connectivity index (χ3v) is 1.95. The van der Waals surface area contributed by atoms with Crippen LogP contribution in [-0.2, 0) is 19.1 Å². The Bertz CT molecular complexity index is 382. The van der Waals surface area contributed by atoms with Crippen molar-refractivity contribution in [2.45, 2.75) is 4.90 Å². The summed E-state index contributed by atoms with van der Waals surface area (Å²) in [5.41, 5.74) is -0.397. The molecule has 0 saturated carbocycles. The van der Waals surface area contributed by atoms with Crippen LogP contribution in [0.4, 0.5) is 5.69 Å². The smallest absolute Gasteiger partial charge is 0.419 e. The number of rotatable bonds is 2. The maximum atomic E-state index is 10.4. The van der Waals surface area contributed by atoms with Crippen LogP contribution >= 0.6 is 0 Å². The quantitative estimate of drug-likeness (QED) is 0.251. The van der Waals surface area contributed by atoms with Crippen LogP contribution in [0.5, 0.6) is 0 Å². The number of para-hydroxylation sites is 1. The maximum absolute atomic E-state index is 10.4. The van der Waals surface area contributed by atoms with Crippen LogP contribution in [-0.4, -0.2) is 4.92 Å². The summed E-state index contributed by atoms with van der Waals surface area (Å²) in [7, 11) is -2.55. The van der Waals surface area contributed by atoms with E-state index < -0.39 is 21.3 Å². The van der Waals surface area contributed by atoms with Gasteiger partial charge < -0.3 is 8.42 Å². The van der Waals surface area contributed by atoms with Crippen molar-refractivity contribution in [3.05, 3.63) is 34.4 Å². The molecule has 64 valence electrons. The second kappa shape index (κ2) is 5.33. The first-order valence-corrected chi connectivity index (χ1v) is 4.03. The molecule has 1 aromatic rings. The molecule has 0 radical (unpaired) electrons. The zero-order chi connectivity index (χ0) is 9.14. The molecule has 1 aromatic carbocycles. The monoisotopic (exact) mass is 209 g/mol. The van der Waals surface area contributed by atoms with Crippen molar-refractivity contribution < 1.29 is 42.9 Å². The molecular weight excluding hydrogens is 205 g/mol. The summed E-state index contributed by atoms with van der Waals surface area (Å²) in [4.78, 5) is 9.24. The molecule has 0 aliphatic heterocycles. The summed E-state index contributed by atoms with van der Waals surface area (Å²) in [6.45, 7) is 0. The van der Waals surface area contributed by atoms with E-state index in [4.69, 9.17) is 0 Å². The molecule has 1 rings (SSSR count). The Labute approximate surface area is 98.2 Å². The summed E-state index contributed by atoms with van der Waals surface area (Å²) >= 11 is 0. The molecule has 0 amide bonds. The summed E-state index contributed by atoms with van der Waals surface area (Å²) in [5.74, 6) is 0. The molecule has 0 atom stereocenters. The molecular formula is C6H4NNaO4S. The van der Waals surface area contributed by atoms with Crippen molar-refractivity contribution in [3.8, 4) is 0 Å². The van der Waals surface area contributed by atoms with E-state index in [1.165, 1.54) is 18.2 Å². The fourth-order valence-corrected chi connectivity index (χ4v) is 1.25. The fourth-order valence-electron chi connectivity index (χ4n) is 0.749. The second-order valence-electron chi connectivity index (χ2n) is 1.96. The predicted molar refractivity (Wildman–Crippen MR) is 40.1 cm³/mol. The van der Waals surface area contributed by atoms with Gasteiger partial charge in [0.15, 0.2) is 0 Å². The minimum atomic E-state index is -2.55. The van der Waals surface area contributed by atoms with Crippen LogP contribution in [0.3, 0.4) is 0 Å². The van der Waals surface area contributed by atoms with E-state index in [1.54, 1.807) is 0 Å². The Morgan fingerprint density at radius 3 is 2.15 bits per heavy atom. The number of hydrogen-bond donors (Lipinski definition) is 0. The van der Waals surface area contributed by atoms with Crippen LogP contribution in [0.15, 0.2) is 29.2 Å². The molecule has 0 aromatic heterocycles. The van der Waals surface area contributed by atoms with Gasteiger partial charge in [0.25, 0.3) is 5.69 Å². The van der Waals surface area contributed by atoms with E-state index in [9.17, 15) is 18.5 Å². The molecule has 0 fully saturated rings. The number of nitrogens with zero attached hydrogens (tertiary/aromatic N) is 1. The van der Waals surface area contributed by atoms with Crippen LogP contribution in [0.2, 0.25) is 0 Å². The first-order chi connectivity index (χ1) is 5.63. The minimum absolute atomic E-state index is 0. The van der Waals surface area contributed by atoms with E-state index >= 15 is 0 Å². The Morgan fingerprint density at radius 2 is 1.77 bits per heavy atom. The molecule has 0 N–H and O–H groups in total. The Morgan fingerprint density at radius 1 is 1.23 bits per heavy atom. The van der Waals surface area contributed by atoms with Gasteiger partial charge in [-0.05, 0) is 15.6 Å². The third kappa shape index (κ3) is 3.07. The Kier molecular flexibility index (Phi) is 5.16. The van der Waals surface area contributed by atoms with Gasteiger partial charge in [-0.1, -0.05) is 18.2 Å². The maximum Gasteiger partial charge on any atom is 1.00 e. The Hall–Kier alpha value is -0.430. The molecule has 0 bridgehead atoms. The van der Waals surface area contributed by atoms with Gasteiger partial charge in [-0.15, -0.1) is 0 Å². The van der Waals surface area contributed by atoms with Crippen molar-refractivity contribution in [3.63, 3.8) is 0 Å². The van der Waals surface area contributed by atoms with Gasteiger partial charge >= 0.3 is 29.6 Å². The molecule has 7 heteroatoms.